The van der Waals surface area contributed by atoms with E-state index in [1.165, 1.54) is 44.4 Å². The Bertz CT molecular complexity index is 1600. The predicted octanol–water partition coefficient (Wildman–Crippen LogP) is 4.03. The lowest BCUT2D eigenvalue weighted by atomic mass is 10.0. The summed E-state index contributed by atoms with van der Waals surface area (Å²) in [6.07, 6.45) is 4.04. The number of carbonyl (C=O) groups is 1. The minimum Gasteiger partial charge on any atom is -0.387 e. The third kappa shape index (κ3) is 7.75. The molecule has 42 heavy (non-hydrogen) atoms. The Labute approximate surface area is 242 Å². The van der Waals surface area contributed by atoms with Crippen molar-refractivity contribution in [1.29, 1.82) is 5.26 Å². The summed E-state index contributed by atoms with van der Waals surface area (Å²) < 4.78 is 57.5. The Kier molecular flexibility index (Phi) is 9.35. The molecular weight excluding hydrogens is 568 g/mol. The number of nitriles is 1. The molecule has 1 aromatic carbocycles. The summed E-state index contributed by atoms with van der Waals surface area (Å²) in [6, 6.07) is 10.0. The number of anilines is 4. The van der Waals surface area contributed by atoms with Crippen LogP contribution in [0, 0.1) is 17.1 Å². The van der Waals surface area contributed by atoms with Gasteiger partial charge in [-0.3, -0.25) is 4.79 Å². The maximum Gasteiger partial charge on any atom is 0.255 e. The van der Waals surface area contributed by atoms with Gasteiger partial charge in [0.25, 0.3) is 5.91 Å². The van der Waals surface area contributed by atoms with Crippen LogP contribution in [0.5, 0.6) is 0 Å². The highest BCUT2D eigenvalue weighted by Crippen LogP contribution is 2.28. The topological polar surface area (TPSA) is 169 Å². The van der Waals surface area contributed by atoms with Crippen molar-refractivity contribution in [1.82, 2.24) is 20.0 Å². The van der Waals surface area contributed by atoms with Gasteiger partial charge in [-0.2, -0.15) is 5.26 Å². The molecule has 0 unspecified atom stereocenters. The first-order valence-corrected chi connectivity index (χ1v) is 14.7. The number of aliphatic hydroxyl groups is 1. The van der Waals surface area contributed by atoms with Gasteiger partial charge in [-0.15, -0.1) is 0 Å². The van der Waals surface area contributed by atoms with Gasteiger partial charge in [0.1, 0.15) is 18.1 Å². The molecule has 2 aromatic heterocycles. The number of hydrogen-bond acceptors (Lipinski definition) is 9. The van der Waals surface area contributed by atoms with Crippen LogP contribution in [0.3, 0.4) is 0 Å². The van der Waals surface area contributed by atoms with Gasteiger partial charge in [0.2, 0.25) is 10.0 Å². The Morgan fingerprint density at radius 2 is 1.90 bits per heavy atom. The van der Waals surface area contributed by atoms with E-state index in [1.807, 2.05) is 0 Å². The first-order valence-electron chi connectivity index (χ1n) is 13.2. The van der Waals surface area contributed by atoms with Crippen LogP contribution in [0.2, 0.25) is 0 Å². The molecule has 1 aliphatic carbocycles. The molecule has 1 amide bonds. The van der Waals surface area contributed by atoms with E-state index in [2.05, 4.69) is 30.6 Å². The Morgan fingerprint density at radius 3 is 2.57 bits per heavy atom. The van der Waals surface area contributed by atoms with Gasteiger partial charge in [0.05, 0.1) is 33.9 Å². The van der Waals surface area contributed by atoms with Crippen LogP contribution in [0.15, 0.2) is 53.7 Å². The molecule has 2 heterocycles. The number of hydrogen-bond donors (Lipinski definition) is 5. The predicted molar refractivity (Wildman–Crippen MR) is 152 cm³/mol. The van der Waals surface area contributed by atoms with E-state index in [4.69, 9.17) is 5.26 Å². The number of alkyl halides is 1. The first-order chi connectivity index (χ1) is 19.9. The number of halogens is 2. The second-order valence-corrected chi connectivity index (χ2v) is 12.2. The number of nitrogens with zero attached hydrogens (tertiary/aromatic N) is 3. The summed E-state index contributed by atoms with van der Waals surface area (Å²) in [7, 11) is -3.81. The highest BCUT2D eigenvalue weighted by atomic mass is 32.2. The average Bonchev–Trinajstić information content (AvgIpc) is 3.44. The summed E-state index contributed by atoms with van der Waals surface area (Å²) in [5.74, 6) is -1.68. The number of nitrogens with one attached hydrogen (secondary N) is 4. The lowest BCUT2D eigenvalue weighted by molar-refractivity contribution is -0.00177. The molecule has 0 saturated heterocycles. The van der Waals surface area contributed by atoms with Gasteiger partial charge in [0, 0.05) is 30.2 Å². The van der Waals surface area contributed by atoms with Crippen molar-refractivity contribution in [2.75, 3.05) is 17.2 Å². The SMILES string of the molecule is CC(C)(O)[C@H](F)CNC(=O)c1cnc(Nc2ncc(C#N)cc2F)cc1Nc1cccc(S(=O)(=O)NC2CCCC2)c1. The number of aromatic nitrogens is 2. The van der Waals surface area contributed by atoms with E-state index in [-0.39, 0.29) is 39.4 Å². The summed E-state index contributed by atoms with van der Waals surface area (Å²) in [5.41, 5.74) is -1.24. The highest BCUT2D eigenvalue weighted by molar-refractivity contribution is 7.89. The quantitative estimate of drug-likeness (QED) is 0.218. The molecular formula is C28H31F2N7O4S. The Balaban J connectivity index is 1.63. The molecule has 0 bridgehead atoms. The summed E-state index contributed by atoms with van der Waals surface area (Å²) >= 11 is 0. The van der Waals surface area contributed by atoms with Crippen LogP contribution < -0.4 is 20.7 Å². The highest BCUT2D eigenvalue weighted by Gasteiger charge is 2.28. The largest absolute Gasteiger partial charge is 0.387 e. The minimum absolute atomic E-state index is 0.0205. The van der Waals surface area contributed by atoms with Crippen molar-refractivity contribution >= 4 is 38.9 Å². The molecule has 0 aliphatic heterocycles. The van der Waals surface area contributed by atoms with Gasteiger partial charge in [-0.05, 0) is 51.0 Å². The standard InChI is InChI=1S/C28H31F2N7O4S/c1-28(2,39)24(30)16-34-27(38)21-15-32-25(36-26-22(29)10-17(13-31)14-33-26)12-23(21)35-19-8-5-9-20(11-19)42(40,41)37-18-6-3-4-7-18/h5,8-12,14-15,18,24,37,39H,3-4,6-7,16H2,1-2H3,(H,34,38)(H2,32,33,35,36)/t24-/m1/s1. The summed E-state index contributed by atoms with van der Waals surface area (Å²) in [4.78, 5) is 21.1. The maximum absolute atomic E-state index is 14.4. The maximum atomic E-state index is 14.4. The smallest absolute Gasteiger partial charge is 0.255 e. The zero-order valence-electron chi connectivity index (χ0n) is 23.0. The third-order valence-electron chi connectivity index (χ3n) is 6.67. The molecule has 1 atom stereocenters. The zero-order chi connectivity index (χ0) is 30.5. The molecule has 222 valence electrons. The molecule has 1 aliphatic rings. The molecule has 3 aromatic rings. The van der Waals surface area contributed by atoms with Crippen LogP contribution in [0.25, 0.3) is 0 Å². The van der Waals surface area contributed by atoms with E-state index in [1.54, 1.807) is 18.2 Å². The minimum atomic E-state index is -3.81. The van der Waals surface area contributed by atoms with E-state index >= 15 is 0 Å². The second kappa shape index (κ2) is 12.8. The second-order valence-electron chi connectivity index (χ2n) is 10.5. The normalized spacial score (nSPS) is 14.7. The van der Waals surface area contributed by atoms with E-state index in [0.29, 0.717) is 5.69 Å². The molecule has 0 radical (unpaired) electrons. The summed E-state index contributed by atoms with van der Waals surface area (Å²) in [6.45, 7) is 2.07. The van der Waals surface area contributed by atoms with Gasteiger partial charge < -0.3 is 21.1 Å². The van der Waals surface area contributed by atoms with Gasteiger partial charge in [-0.25, -0.2) is 31.9 Å². The van der Waals surface area contributed by atoms with Crippen molar-refractivity contribution in [3.05, 3.63) is 65.7 Å². The Morgan fingerprint density at radius 1 is 1.17 bits per heavy atom. The fourth-order valence-corrected chi connectivity index (χ4v) is 5.63. The van der Waals surface area contributed by atoms with E-state index < -0.39 is 40.1 Å². The molecule has 11 nitrogen and oxygen atoms in total. The fraction of sp³-hybridized carbons (Fsp3) is 0.357. The summed E-state index contributed by atoms with van der Waals surface area (Å²) in [5, 5.41) is 26.9. The van der Waals surface area contributed by atoms with Gasteiger partial charge in [0.15, 0.2) is 11.6 Å². The van der Waals surface area contributed by atoms with Crippen molar-refractivity contribution in [2.45, 2.75) is 62.2 Å². The van der Waals surface area contributed by atoms with Crippen molar-refractivity contribution in [2.24, 2.45) is 0 Å². The molecule has 14 heteroatoms. The molecule has 1 saturated carbocycles. The molecule has 4 rings (SSSR count). The van der Waals surface area contributed by atoms with Crippen molar-refractivity contribution < 1.29 is 27.1 Å². The number of rotatable bonds is 11. The number of amides is 1. The number of pyridine rings is 2. The van der Waals surface area contributed by atoms with Crippen LogP contribution in [-0.4, -0.2) is 53.8 Å². The average molecular weight is 600 g/mol. The van der Waals surface area contributed by atoms with Crippen LogP contribution >= 0.6 is 0 Å². The van der Waals surface area contributed by atoms with Crippen LogP contribution in [-0.2, 0) is 10.0 Å². The lowest BCUT2D eigenvalue weighted by Gasteiger charge is -2.22. The monoisotopic (exact) mass is 599 g/mol. The third-order valence-corrected chi connectivity index (χ3v) is 8.19. The zero-order valence-corrected chi connectivity index (χ0v) is 23.8. The molecule has 0 spiro atoms. The number of sulfonamides is 1. The fourth-order valence-electron chi connectivity index (χ4n) is 4.28. The van der Waals surface area contributed by atoms with Gasteiger partial charge in [-0.1, -0.05) is 18.9 Å². The van der Waals surface area contributed by atoms with E-state index in [0.717, 1.165) is 31.7 Å². The first kappa shape index (κ1) is 30.8. The van der Waals surface area contributed by atoms with Crippen molar-refractivity contribution in [3.63, 3.8) is 0 Å². The number of benzene rings is 1. The molecule has 1 fully saturated rings. The lowest BCUT2D eigenvalue weighted by Crippen LogP contribution is -2.42. The van der Waals surface area contributed by atoms with Crippen LogP contribution in [0.1, 0.15) is 55.5 Å². The number of carbonyl (C=O) groups excluding carboxylic acids is 1. The van der Waals surface area contributed by atoms with Crippen LogP contribution in [0.4, 0.5) is 31.8 Å². The van der Waals surface area contributed by atoms with Crippen molar-refractivity contribution in [3.8, 4) is 6.07 Å². The molecule has 5 N–H and O–H groups in total. The van der Waals surface area contributed by atoms with E-state index in [9.17, 15) is 27.1 Å². The van der Waals surface area contributed by atoms with Gasteiger partial charge >= 0.3 is 0 Å². The Hall–Kier alpha value is -4.19.